The van der Waals surface area contributed by atoms with Gasteiger partial charge in [-0.2, -0.15) is 0 Å². The van der Waals surface area contributed by atoms with Gasteiger partial charge in [0, 0.05) is 15.5 Å². The van der Waals surface area contributed by atoms with E-state index in [-0.39, 0.29) is 5.56 Å². The highest BCUT2D eigenvalue weighted by atomic mass is 79.9. The number of benzene rings is 1. The third kappa shape index (κ3) is 3.08. The molecule has 1 aromatic heterocycles. The molecule has 0 aliphatic carbocycles. The van der Waals surface area contributed by atoms with Crippen molar-refractivity contribution in [1.82, 2.24) is 4.98 Å². The molecule has 1 heterocycles. The Labute approximate surface area is 117 Å². The molecule has 0 saturated carbocycles. The molecule has 2 aromatic rings. The minimum Gasteiger partial charge on any atom is -0.478 e. The van der Waals surface area contributed by atoms with Crippen LogP contribution in [0.3, 0.4) is 0 Å². The van der Waals surface area contributed by atoms with Gasteiger partial charge in [0.2, 0.25) is 0 Å². The Bertz CT molecular complexity index is 583. The van der Waals surface area contributed by atoms with Crippen molar-refractivity contribution in [2.45, 2.75) is 13.5 Å². The van der Waals surface area contributed by atoms with Crippen LogP contribution in [0.15, 0.2) is 28.1 Å². The lowest BCUT2D eigenvalue weighted by molar-refractivity contribution is 0.0696. The molecule has 2 N–H and O–H groups in total. The number of aromatic nitrogens is 1. The maximum atomic E-state index is 10.9. The highest BCUT2D eigenvalue weighted by Crippen LogP contribution is 2.22. The number of aromatic carboxylic acids is 1. The Balaban J connectivity index is 2.06. The van der Waals surface area contributed by atoms with Crippen molar-refractivity contribution in [3.05, 3.63) is 44.3 Å². The van der Waals surface area contributed by atoms with Crippen LogP contribution in [0.1, 0.15) is 21.1 Å². The second-order valence-electron chi connectivity index (χ2n) is 3.71. The number of carbonyl (C=O) groups is 1. The van der Waals surface area contributed by atoms with E-state index in [1.807, 2.05) is 12.3 Å². The van der Waals surface area contributed by atoms with Crippen molar-refractivity contribution < 1.29 is 9.90 Å². The summed E-state index contributed by atoms with van der Waals surface area (Å²) >= 11 is 4.85. The van der Waals surface area contributed by atoms with Crippen molar-refractivity contribution >= 4 is 38.9 Å². The van der Waals surface area contributed by atoms with E-state index in [9.17, 15) is 4.79 Å². The molecular formula is C12H11BrN2O2S. The summed E-state index contributed by atoms with van der Waals surface area (Å²) in [6.45, 7) is 2.59. The summed E-state index contributed by atoms with van der Waals surface area (Å²) < 4.78 is 0.564. The summed E-state index contributed by atoms with van der Waals surface area (Å²) in [4.78, 5) is 15.2. The lowest BCUT2D eigenvalue weighted by atomic mass is 10.2. The van der Waals surface area contributed by atoms with Crippen LogP contribution in [0.4, 0.5) is 5.69 Å². The van der Waals surface area contributed by atoms with Crippen LogP contribution in [-0.4, -0.2) is 16.1 Å². The van der Waals surface area contributed by atoms with Gasteiger partial charge in [-0.25, -0.2) is 9.78 Å². The molecule has 4 nitrogen and oxygen atoms in total. The molecule has 0 bridgehead atoms. The maximum Gasteiger partial charge on any atom is 0.336 e. The summed E-state index contributed by atoms with van der Waals surface area (Å²) in [5, 5.41) is 15.1. The molecule has 0 atom stereocenters. The van der Waals surface area contributed by atoms with Gasteiger partial charge in [-0.1, -0.05) is 0 Å². The van der Waals surface area contributed by atoms with Gasteiger partial charge in [-0.15, -0.1) is 11.3 Å². The van der Waals surface area contributed by atoms with Gasteiger partial charge in [0.25, 0.3) is 0 Å². The Morgan fingerprint density at radius 1 is 1.56 bits per heavy atom. The van der Waals surface area contributed by atoms with Crippen LogP contribution < -0.4 is 5.32 Å². The first-order valence-electron chi connectivity index (χ1n) is 5.24. The number of hydrogen-bond donors (Lipinski definition) is 2. The topological polar surface area (TPSA) is 62.2 Å². The normalized spacial score (nSPS) is 10.3. The first kappa shape index (κ1) is 13.0. The van der Waals surface area contributed by atoms with Crippen molar-refractivity contribution in [3.63, 3.8) is 0 Å². The summed E-state index contributed by atoms with van der Waals surface area (Å²) in [7, 11) is 0. The largest absolute Gasteiger partial charge is 0.478 e. The predicted molar refractivity (Wildman–Crippen MR) is 75.3 cm³/mol. The number of halogens is 1. The first-order chi connectivity index (χ1) is 8.56. The van der Waals surface area contributed by atoms with Gasteiger partial charge in [-0.05, 0) is 41.1 Å². The average molecular weight is 327 g/mol. The summed E-state index contributed by atoms with van der Waals surface area (Å²) in [5.74, 6) is -0.941. The van der Waals surface area contributed by atoms with Crippen LogP contribution in [0, 0.1) is 6.92 Å². The molecule has 0 aliphatic rings. The summed E-state index contributed by atoms with van der Waals surface area (Å²) in [5.41, 5.74) is 2.10. The molecule has 0 aliphatic heterocycles. The van der Waals surface area contributed by atoms with Gasteiger partial charge < -0.3 is 10.4 Å². The Kier molecular flexibility index (Phi) is 3.98. The van der Waals surface area contributed by atoms with Crippen molar-refractivity contribution in [2.24, 2.45) is 0 Å². The Morgan fingerprint density at radius 2 is 2.33 bits per heavy atom. The zero-order chi connectivity index (χ0) is 13.1. The number of anilines is 1. The van der Waals surface area contributed by atoms with Gasteiger partial charge in [0.05, 0.1) is 22.8 Å². The fourth-order valence-corrected chi connectivity index (χ4v) is 2.64. The Hall–Kier alpha value is -1.40. The molecule has 0 radical (unpaired) electrons. The molecule has 0 saturated heterocycles. The van der Waals surface area contributed by atoms with Gasteiger partial charge >= 0.3 is 5.97 Å². The minimum absolute atomic E-state index is 0.255. The third-order valence-corrected chi connectivity index (χ3v) is 3.82. The number of carboxylic acid groups (broad SMARTS) is 1. The minimum atomic E-state index is -0.941. The lowest BCUT2D eigenvalue weighted by Gasteiger charge is -2.06. The van der Waals surface area contributed by atoms with Crippen LogP contribution in [0.5, 0.6) is 0 Å². The second-order valence-corrected chi connectivity index (χ2v) is 5.63. The van der Waals surface area contributed by atoms with E-state index in [2.05, 4.69) is 26.2 Å². The molecule has 1 aromatic carbocycles. The smallest absolute Gasteiger partial charge is 0.336 e. The molecule has 2 rings (SSSR count). The van der Waals surface area contributed by atoms with E-state index in [4.69, 9.17) is 5.11 Å². The maximum absolute atomic E-state index is 10.9. The first-order valence-corrected chi connectivity index (χ1v) is 6.91. The van der Waals surface area contributed by atoms with Crippen LogP contribution in [0.25, 0.3) is 0 Å². The molecule has 18 heavy (non-hydrogen) atoms. The van der Waals surface area contributed by atoms with Crippen LogP contribution in [-0.2, 0) is 6.54 Å². The number of carboxylic acids is 1. The molecule has 0 unspecified atom stereocenters. The van der Waals surface area contributed by atoms with Crippen molar-refractivity contribution in [1.29, 1.82) is 0 Å². The van der Waals surface area contributed by atoms with E-state index < -0.39 is 5.97 Å². The average Bonchev–Trinajstić information content (AvgIpc) is 2.72. The monoisotopic (exact) mass is 326 g/mol. The number of nitrogens with one attached hydrogen (secondary N) is 1. The number of aryl methyl sites for hydroxylation is 1. The van der Waals surface area contributed by atoms with Gasteiger partial charge in [0.1, 0.15) is 0 Å². The quantitative estimate of drug-likeness (QED) is 0.902. The summed E-state index contributed by atoms with van der Waals surface area (Å²) in [6, 6.07) is 5.07. The van der Waals surface area contributed by atoms with Gasteiger partial charge in [-0.3, -0.25) is 0 Å². The zero-order valence-corrected chi connectivity index (χ0v) is 12.0. The van der Waals surface area contributed by atoms with Gasteiger partial charge in [0.15, 0.2) is 0 Å². The number of rotatable bonds is 4. The highest BCUT2D eigenvalue weighted by molar-refractivity contribution is 9.10. The second kappa shape index (κ2) is 5.49. The van der Waals surface area contributed by atoms with Crippen LogP contribution in [0.2, 0.25) is 0 Å². The van der Waals surface area contributed by atoms with E-state index in [0.717, 1.165) is 16.4 Å². The highest BCUT2D eigenvalue weighted by Gasteiger charge is 2.08. The van der Waals surface area contributed by atoms with Crippen molar-refractivity contribution in [2.75, 3.05) is 5.32 Å². The fraction of sp³-hybridized carbons (Fsp3) is 0.167. The number of thiazole rings is 1. The summed E-state index contributed by atoms with van der Waals surface area (Å²) in [6.07, 6.45) is 0. The van der Waals surface area contributed by atoms with Crippen molar-refractivity contribution in [3.8, 4) is 0 Å². The SMILES string of the molecule is Cc1nc(CNc2ccc(C(=O)O)c(Br)c2)cs1. The molecule has 0 fully saturated rings. The van der Waals surface area contributed by atoms with E-state index >= 15 is 0 Å². The molecule has 0 amide bonds. The van der Waals surface area contributed by atoms with E-state index in [1.165, 1.54) is 0 Å². The number of nitrogens with zero attached hydrogens (tertiary/aromatic N) is 1. The molecule has 6 heteroatoms. The lowest BCUT2D eigenvalue weighted by Crippen LogP contribution is -2.02. The zero-order valence-electron chi connectivity index (χ0n) is 9.61. The number of hydrogen-bond acceptors (Lipinski definition) is 4. The third-order valence-electron chi connectivity index (χ3n) is 2.34. The molecule has 0 spiro atoms. The standard InChI is InChI=1S/C12H11BrN2O2S/c1-7-15-9(6-18-7)5-14-8-2-3-10(12(16)17)11(13)4-8/h2-4,6,14H,5H2,1H3,(H,16,17). The molecule has 94 valence electrons. The predicted octanol–water partition coefficient (Wildman–Crippen LogP) is 3.52. The van der Waals surface area contributed by atoms with E-state index in [0.29, 0.717) is 11.0 Å². The molecular weight excluding hydrogens is 316 g/mol. The Morgan fingerprint density at radius 3 is 2.89 bits per heavy atom. The van der Waals surface area contributed by atoms with Crippen LogP contribution >= 0.6 is 27.3 Å². The fourth-order valence-electron chi connectivity index (χ4n) is 1.48. The van der Waals surface area contributed by atoms with E-state index in [1.54, 1.807) is 29.5 Å².